The summed E-state index contributed by atoms with van der Waals surface area (Å²) < 4.78 is 0. The summed E-state index contributed by atoms with van der Waals surface area (Å²) in [6, 6.07) is 20.3. The quantitative estimate of drug-likeness (QED) is 0.395. The van der Waals surface area contributed by atoms with Crippen LogP contribution in [0.15, 0.2) is 72.1 Å². The number of carbonyl (C=O) groups excluding carboxylic acids is 2. The summed E-state index contributed by atoms with van der Waals surface area (Å²) in [6.07, 6.45) is 0.363. The van der Waals surface area contributed by atoms with Gasteiger partial charge in [-0.1, -0.05) is 47.7 Å². The predicted octanol–water partition coefficient (Wildman–Crippen LogP) is 4.31. The molecule has 2 amide bonds. The number of carbonyl (C=O) groups is 2. The fourth-order valence-electron chi connectivity index (χ4n) is 3.18. The number of rotatable bonds is 8. The van der Waals surface area contributed by atoms with E-state index in [1.165, 1.54) is 22.7 Å². The smallest absolute Gasteiger partial charge is 0.262 e. The van der Waals surface area contributed by atoms with Gasteiger partial charge in [0, 0.05) is 31.8 Å². The number of benzene rings is 2. The third-order valence-electron chi connectivity index (χ3n) is 4.94. The summed E-state index contributed by atoms with van der Waals surface area (Å²) in [5.41, 5.74) is 2.95. The molecule has 0 aliphatic rings. The first-order chi connectivity index (χ1) is 16.0. The van der Waals surface area contributed by atoms with Crippen LogP contribution in [0.1, 0.15) is 15.2 Å². The van der Waals surface area contributed by atoms with Crippen molar-refractivity contribution in [3.63, 3.8) is 0 Å². The van der Waals surface area contributed by atoms with Crippen LogP contribution in [0, 0.1) is 0 Å². The first kappa shape index (κ1) is 22.6. The largest absolute Gasteiger partial charge is 0.378 e. The summed E-state index contributed by atoms with van der Waals surface area (Å²) in [7, 11) is 3.97. The third kappa shape index (κ3) is 5.82. The Labute approximate surface area is 200 Å². The topological polar surface area (TPSA) is 87.2 Å². The van der Waals surface area contributed by atoms with Gasteiger partial charge in [0.25, 0.3) is 5.91 Å². The number of amides is 2. The number of anilines is 2. The molecule has 1 unspecified atom stereocenters. The molecule has 0 aliphatic carbocycles. The van der Waals surface area contributed by atoms with E-state index in [4.69, 9.17) is 0 Å². The molecule has 2 aromatic carbocycles. The van der Waals surface area contributed by atoms with Crippen LogP contribution in [0.4, 0.5) is 10.8 Å². The number of aromatic nitrogens is 2. The highest BCUT2D eigenvalue weighted by atomic mass is 32.1. The van der Waals surface area contributed by atoms with Crippen molar-refractivity contribution in [3.8, 4) is 10.6 Å². The maximum atomic E-state index is 13.1. The van der Waals surface area contributed by atoms with Crippen LogP contribution >= 0.6 is 22.7 Å². The second-order valence-corrected chi connectivity index (χ2v) is 9.46. The van der Waals surface area contributed by atoms with Gasteiger partial charge in [0.2, 0.25) is 11.0 Å². The molecule has 33 heavy (non-hydrogen) atoms. The zero-order valence-electron chi connectivity index (χ0n) is 18.2. The van der Waals surface area contributed by atoms with Gasteiger partial charge in [0.1, 0.15) is 11.0 Å². The molecule has 0 radical (unpaired) electrons. The Hall–Kier alpha value is -3.56. The normalized spacial score (nSPS) is 11.6. The van der Waals surface area contributed by atoms with Gasteiger partial charge < -0.3 is 10.2 Å². The zero-order valence-corrected chi connectivity index (χ0v) is 19.8. The molecule has 168 valence electrons. The third-order valence-corrected chi connectivity index (χ3v) is 6.69. The molecule has 2 N–H and O–H groups in total. The second-order valence-electron chi connectivity index (χ2n) is 7.54. The van der Waals surface area contributed by atoms with Crippen molar-refractivity contribution in [2.45, 2.75) is 12.5 Å². The zero-order chi connectivity index (χ0) is 23.2. The lowest BCUT2D eigenvalue weighted by molar-refractivity contribution is -0.118. The highest BCUT2D eigenvalue weighted by molar-refractivity contribution is 7.18. The van der Waals surface area contributed by atoms with Crippen molar-refractivity contribution in [3.05, 3.63) is 82.6 Å². The van der Waals surface area contributed by atoms with E-state index in [2.05, 4.69) is 20.8 Å². The number of hydrogen-bond donors (Lipinski definition) is 2. The van der Waals surface area contributed by atoms with E-state index >= 15 is 0 Å². The molecule has 0 aliphatic heterocycles. The van der Waals surface area contributed by atoms with E-state index in [0.29, 0.717) is 21.4 Å². The SMILES string of the molecule is CN(C)c1ccc(-c2nnc(NC(=O)C(Cc3ccccc3)NC(=O)c3cccs3)s2)cc1. The molecule has 2 heterocycles. The van der Waals surface area contributed by atoms with Crippen molar-refractivity contribution < 1.29 is 9.59 Å². The predicted molar refractivity (Wildman–Crippen MR) is 134 cm³/mol. The first-order valence-corrected chi connectivity index (χ1v) is 12.0. The van der Waals surface area contributed by atoms with Crippen molar-refractivity contribution >= 4 is 45.3 Å². The van der Waals surface area contributed by atoms with Gasteiger partial charge in [0.15, 0.2) is 0 Å². The molecule has 4 aromatic rings. The Bertz CT molecular complexity index is 1210. The fraction of sp³-hybridized carbons (Fsp3) is 0.167. The molecule has 0 spiro atoms. The summed E-state index contributed by atoms with van der Waals surface area (Å²) in [4.78, 5) is 28.3. The average molecular weight is 478 g/mol. The van der Waals surface area contributed by atoms with Crippen molar-refractivity contribution in [1.29, 1.82) is 0 Å². The summed E-state index contributed by atoms with van der Waals surface area (Å²) in [6.45, 7) is 0. The fourth-order valence-corrected chi connectivity index (χ4v) is 4.56. The average Bonchev–Trinajstić information content (AvgIpc) is 3.52. The monoisotopic (exact) mass is 477 g/mol. The van der Waals surface area contributed by atoms with Crippen LogP contribution in [0.25, 0.3) is 10.6 Å². The van der Waals surface area contributed by atoms with Gasteiger partial charge in [-0.2, -0.15) is 0 Å². The van der Waals surface area contributed by atoms with Gasteiger partial charge >= 0.3 is 0 Å². The molecule has 9 heteroatoms. The van der Waals surface area contributed by atoms with E-state index < -0.39 is 6.04 Å². The minimum Gasteiger partial charge on any atom is -0.378 e. The number of hydrogen-bond acceptors (Lipinski definition) is 7. The maximum absolute atomic E-state index is 13.1. The first-order valence-electron chi connectivity index (χ1n) is 10.3. The second kappa shape index (κ2) is 10.4. The molecule has 1 atom stereocenters. The van der Waals surface area contributed by atoms with Crippen LogP contribution in [0.3, 0.4) is 0 Å². The lowest BCUT2D eigenvalue weighted by Gasteiger charge is -2.17. The lowest BCUT2D eigenvalue weighted by atomic mass is 10.1. The molecule has 0 bridgehead atoms. The van der Waals surface area contributed by atoms with Crippen LogP contribution in [-0.2, 0) is 11.2 Å². The summed E-state index contributed by atoms with van der Waals surface area (Å²) in [5, 5.41) is 16.9. The van der Waals surface area contributed by atoms with Gasteiger partial charge in [0.05, 0.1) is 4.88 Å². The van der Waals surface area contributed by atoms with Gasteiger partial charge in [-0.05, 0) is 41.3 Å². The van der Waals surface area contributed by atoms with Crippen LogP contribution in [0.2, 0.25) is 0 Å². The van der Waals surface area contributed by atoms with Gasteiger partial charge in [-0.3, -0.25) is 14.9 Å². The molecular weight excluding hydrogens is 454 g/mol. The van der Waals surface area contributed by atoms with Crippen LogP contribution in [0.5, 0.6) is 0 Å². The summed E-state index contributed by atoms with van der Waals surface area (Å²) in [5.74, 6) is -0.616. The van der Waals surface area contributed by atoms with E-state index in [0.717, 1.165) is 16.8 Å². The van der Waals surface area contributed by atoms with Crippen molar-refractivity contribution in [2.75, 3.05) is 24.3 Å². The van der Waals surface area contributed by atoms with E-state index in [-0.39, 0.29) is 11.8 Å². The molecule has 0 saturated heterocycles. The van der Waals surface area contributed by atoms with Crippen LogP contribution < -0.4 is 15.5 Å². The maximum Gasteiger partial charge on any atom is 0.262 e. The van der Waals surface area contributed by atoms with E-state index in [9.17, 15) is 9.59 Å². The molecule has 7 nitrogen and oxygen atoms in total. The molecule has 4 rings (SSSR count). The Morgan fingerprint density at radius 3 is 2.39 bits per heavy atom. The minimum atomic E-state index is -0.756. The standard InChI is InChI=1S/C24H23N5O2S2/c1-29(2)18-12-10-17(11-13-18)23-27-28-24(33-23)26-21(30)19(15-16-7-4-3-5-8-16)25-22(31)20-9-6-14-32-20/h3-14,19H,15H2,1-2H3,(H,25,31)(H,26,28,30). The van der Waals surface area contributed by atoms with Gasteiger partial charge in [-0.25, -0.2) is 0 Å². The number of thiophene rings is 1. The highest BCUT2D eigenvalue weighted by Crippen LogP contribution is 2.28. The highest BCUT2D eigenvalue weighted by Gasteiger charge is 2.23. The van der Waals surface area contributed by atoms with E-state index in [1.54, 1.807) is 12.1 Å². The van der Waals surface area contributed by atoms with Crippen molar-refractivity contribution in [2.24, 2.45) is 0 Å². The van der Waals surface area contributed by atoms with Crippen LogP contribution in [-0.4, -0.2) is 42.1 Å². The number of nitrogens with zero attached hydrogens (tertiary/aromatic N) is 3. The van der Waals surface area contributed by atoms with E-state index in [1.807, 2.05) is 79.0 Å². The Kier molecular flexibility index (Phi) is 7.11. The Morgan fingerprint density at radius 1 is 0.970 bits per heavy atom. The molecule has 0 fully saturated rings. The Morgan fingerprint density at radius 2 is 1.73 bits per heavy atom. The molecular formula is C24H23N5O2S2. The minimum absolute atomic E-state index is 0.278. The molecule has 2 aromatic heterocycles. The van der Waals surface area contributed by atoms with Crippen molar-refractivity contribution in [1.82, 2.24) is 15.5 Å². The van der Waals surface area contributed by atoms with Gasteiger partial charge in [-0.15, -0.1) is 21.5 Å². The summed E-state index contributed by atoms with van der Waals surface area (Å²) >= 11 is 2.62. The molecule has 0 saturated carbocycles. The number of nitrogens with one attached hydrogen (secondary N) is 2. The Balaban J connectivity index is 1.48. The lowest BCUT2D eigenvalue weighted by Crippen LogP contribution is -2.45.